The topological polar surface area (TPSA) is 62.0 Å². The molecule has 4 nitrogen and oxygen atoms in total. The monoisotopic (exact) mass is 318 g/mol. The first kappa shape index (κ1) is 14.8. The van der Waals surface area contributed by atoms with Gasteiger partial charge in [-0.2, -0.15) is 0 Å². The first-order valence-electron chi connectivity index (χ1n) is 6.53. The first-order valence-corrected chi connectivity index (χ1v) is 6.53. The van der Waals surface area contributed by atoms with Crippen molar-refractivity contribution in [2.45, 2.75) is 0 Å². The van der Waals surface area contributed by atoms with E-state index in [0.29, 0.717) is 6.07 Å². The summed E-state index contributed by atoms with van der Waals surface area (Å²) < 4.78 is 40.5. The number of aromatic amines is 1. The number of carbonyl (C=O) groups excluding carboxylic acids is 1. The van der Waals surface area contributed by atoms with Crippen molar-refractivity contribution in [2.24, 2.45) is 0 Å². The Labute approximate surface area is 127 Å². The van der Waals surface area contributed by atoms with Crippen LogP contribution in [0.4, 0.5) is 18.9 Å². The molecule has 116 valence electrons. The molecule has 0 aliphatic carbocycles. The molecule has 0 radical (unpaired) electrons. The molecule has 3 aromatic rings. The summed E-state index contributed by atoms with van der Waals surface area (Å²) in [6.45, 7) is 0. The third-order valence-corrected chi connectivity index (χ3v) is 3.27. The number of hydrogen-bond donors (Lipinski definition) is 2. The molecule has 0 aliphatic rings. The third kappa shape index (κ3) is 2.68. The van der Waals surface area contributed by atoms with E-state index in [4.69, 9.17) is 0 Å². The van der Waals surface area contributed by atoms with E-state index in [0.717, 1.165) is 18.3 Å². The maximum Gasteiger partial charge on any atom is 0.261 e. The van der Waals surface area contributed by atoms with E-state index >= 15 is 0 Å². The number of para-hydroxylation sites is 1. The van der Waals surface area contributed by atoms with E-state index in [1.807, 2.05) is 0 Å². The highest BCUT2D eigenvalue weighted by Gasteiger charge is 2.17. The van der Waals surface area contributed by atoms with Crippen molar-refractivity contribution in [3.63, 3.8) is 0 Å². The van der Waals surface area contributed by atoms with Crippen LogP contribution < -0.4 is 10.7 Å². The number of H-pyrrole nitrogens is 1. The second-order valence-electron chi connectivity index (χ2n) is 4.78. The summed E-state index contributed by atoms with van der Waals surface area (Å²) in [6, 6.07) is 6.90. The van der Waals surface area contributed by atoms with Crippen molar-refractivity contribution < 1.29 is 18.0 Å². The van der Waals surface area contributed by atoms with Gasteiger partial charge in [0.1, 0.15) is 23.0 Å². The maximum absolute atomic E-state index is 13.8. The molecule has 0 saturated heterocycles. The second kappa shape index (κ2) is 5.60. The highest BCUT2D eigenvalue weighted by atomic mass is 19.1. The van der Waals surface area contributed by atoms with Gasteiger partial charge in [0.05, 0.1) is 16.6 Å². The normalized spacial score (nSPS) is 10.7. The molecule has 1 aromatic heterocycles. The Balaban J connectivity index is 2.07. The van der Waals surface area contributed by atoms with Crippen molar-refractivity contribution in [3.05, 3.63) is 75.8 Å². The first-order chi connectivity index (χ1) is 11.0. The highest BCUT2D eigenvalue weighted by Crippen LogP contribution is 2.16. The molecule has 0 aliphatic heterocycles. The molecule has 7 heteroatoms. The molecule has 3 rings (SSSR count). The predicted octanol–water partition coefficient (Wildman–Crippen LogP) is 3.20. The lowest BCUT2D eigenvalue weighted by molar-refractivity contribution is 0.102. The van der Waals surface area contributed by atoms with Gasteiger partial charge in [0, 0.05) is 12.3 Å². The van der Waals surface area contributed by atoms with Crippen molar-refractivity contribution in [2.75, 3.05) is 5.32 Å². The molecule has 0 unspecified atom stereocenters. The highest BCUT2D eigenvalue weighted by molar-refractivity contribution is 6.05. The van der Waals surface area contributed by atoms with Crippen LogP contribution in [-0.4, -0.2) is 10.9 Å². The van der Waals surface area contributed by atoms with Gasteiger partial charge in [-0.25, -0.2) is 13.2 Å². The Bertz CT molecular complexity index is 983. The number of benzene rings is 2. The van der Waals surface area contributed by atoms with Gasteiger partial charge in [-0.1, -0.05) is 12.1 Å². The molecule has 2 N–H and O–H groups in total. The summed E-state index contributed by atoms with van der Waals surface area (Å²) in [5.41, 5.74) is -1.51. The molecule has 1 heterocycles. The zero-order valence-electron chi connectivity index (χ0n) is 11.5. The molecule has 0 saturated carbocycles. The summed E-state index contributed by atoms with van der Waals surface area (Å²) in [7, 11) is 0. The number of aromatic nitrogens is 1. The van der Waals surface area contributed by atoms with Crippen LogP contribution in [0.1, 0.15) is 10.4 Å². The molecular formula is C16H9F3N2O2. The van der Waals surface area contributed by atoms with Gasteiger partial charge < -0.3 is 10.3 Å². The van der Waals surface area contributed by atoms with Crippen LogP contribution in [0, 0.1) is 17.5 Å². The minimum absolute atomic E-state index is 0.0741. The zero-order chi connectivity index (χ0) is 16.6. The summed E-state index contributed by atoms with van der Waals surface area (Å²) in [5.74, 6) is -3.51. The number of amides is 1. The fraction of sp³-hybridized carbons (Fsp3) is 0. The molecule has 2 aromatic carbocycles. The van der Waals surface area contributed by atoms with Crippen LogP contribution in [0.2, 0.25) is 0 Å². The van der Waals surface area contributed by atoms with Crippen molar-refractivity contribution in [1.82, 2.24) is 4.98 Å². The number of nitrogens with one attached hydrogen (secondary N) is 2. The van der Waals surface area contributed by atoms with Crippen LogP contribution >= 0.6 is 0 Å². The van der Waals surface area contributed by atoms with E-state index in [1.54, 1.807) is 0 Å². The summed E-state index contributed by atoms with van der Waals surface area (Å²) in [6.07, 6.45) is 1.03. The van der Waals surface area contributed by atoms with E-state index in [-0.39, 0.29) is 11.2 Å². The van der Waals surface area contributed by atoms with Gasteiger partial charge in [0.2, 0.25) is 5.43 Å². The van der Waals surface area contributed by atoms with Gasteiger partial charge in [0.25, 0.3) is 5.91 Å². The summed E-state index contributed by atoms with van der Waals surface area (Å²) >= 11 is 0. The van der Waals surface area contributed by atoms with Gasteiger partial charge in [-0.15, -0.1) is 0 Å². The maximum atomic E-state index is 13.8. The Morgan fingerprint density at radius 2 is 1.78 bits per heavy atom. The Kier molecular flexibility index (Phi) is 3.61. The van der Waals surface area contributed by atoms with Crippen molar-refractivity contribution in [3.8, 4) is 0 Å². The van der Waals surface area contributed by atoms with Gasteiger partial charge in [0.15, 0.2) is 0 Å². The Hall–Kier alpha value is -3.09. The SMILES string of the molecule is O=C(Nc1ccccc1F)c1c[nH]c2cc(F)cc(F)c2c1=O. The number of anilines is 1. The van der Waals surface area contributed by atoms with Crippen LogP contribution in [0.15, 0.2) is 47.4 Å². The van der Waals surface area contributed by atoms with Gasteiger partial charge >= 0.3 is 0 Å². The Morgan fingerprint density at radius 1 is 1.04 bits per heavy atom. The van der Waals surface area contributed by atoms with Crippen LogP contribution in [0.5, 0.6) is 0 Å². The van der Waals surface area contributed by atoms with Crippen molar-refractivity contribution in [1.29, 1.82) is 0 Å². The third-order valence-electron chi connectivity index (χ3n) is 3.27. The zero-order valence-corrected chi connectivity index (χ0v) is 11.5. The fourth-order valence-electron chi connectivity index (χ4n) is 2.19. The lowest BCUT2D eigenvalue weighted by atomic mass is 10.1. The number of fused-ring (bicyclic) bond motifs is 1. The standard InChI is InChI=1S/C16H9F3N2O2/c17-8-5-11(19)14-13(6-8)20-7-9(15(14)22)16(23)21-12-4-2-1-3-10(12)18/h1-7H,(H,20,22)(H,21,23). The molecule has 0 atom stereocenters. The molecule has 0 spiro atoms. The van der Waals surface area contributed by atoms with E-state index in [2.05, 4.69) is 10.3 Å². The molecule has 0 fully saturated rings. The van der Waals surface area contributed by atoms with Gasteiger partial charge in [-0.05, 0) is 18.2 Å². The van der Waals surface area contributed by atoms with Crippen LogP contribution in [0.3, 0.4) is 0 Å². The van der Waals surface area contributed by atoms with E-state index in [1.165, 1.54) is 18.2 Å². The lowest BCUT2D eigenvalue weighted by Crippen LogP contribution is -2.23. The molecule has 0 bridgehead atoms. The van der Waals surface area contributed by atoms with Crippen LogP contribution in [-0.2, 0) is 0 Å². The summed E-state index contributed by atoms with van der Waals surface area (Å²) in [5, 5.41) is 1.79. The largest absolute Gasteiger partial charge is 0.360 e. The Morgan fingerprint density at radius 3 is 2.52 bits per heavy atom. The fourth-order valence-corrected chi connectivity index (χ4v) is 2.19. The second-order valence-corrected chi connectivity index (χ2v) is 4.78. The number of rotatable bonds is 2. The minimum Gasteiger partial charge on any atom is -0.360 e. The quantitative estimate of drug-likeness (QED) is 0.762. The number of hydrogen-bond acceptors (Lipinski definition) is 2. The van der Waals surface area contributed by atoms with Crippen LogP contribution in [0.25, 0.3) is 10.9 Å². The average Bonchev–Trinajstić information content (AvgIpc) is 2.49. The molecule has 23 heavy (non-hydrogen) atoms. The number of halogens is 3. The minimum atomic E-state index is -1.08. The predicted molar refractivity (Wildman–Crippen MR) is 78.8 cm³/mol. The van der Waals surface area contributed by atoms with E-state index in [9.17, 15) is 22.8 Å². The molecular weight excluding hydrogens is 309 g/mol. The van der Waals surface area contributed by atoms with Crippen molar-refractivity contribution >= 4 is 22.5 Å². The summed E-state index contributed by atoms with van der Waals surface area (Å²) in [4.78, 5) is 26.8. The smallest absolute Gasteiger partial charge is 0.261 e. The van der Waals surface area contributed by atoms with Gasteiger partial charge in [-0.3, -0.25) is 9.59 Å². The number of carbonyl (C=O) groups is 1. The lowest BCUT2D eigenvalue weighted by Gasteiger charge is -2.07. The number of pyridine rings is 1. The molecule has 1 amide bonds. The average molecular weight is 318 g/mol. The van der Waals surface area contributed by atoms with E-state index < -0.39 is 39.7 Å².